The second kappa shape index (κ2) is 5.63. The average molecular weight is 309 g/mol. The van der Waals surface area contributed by atoms with Gasteiger partial charge >= 0.3 is 0 Å². The zero-order valence-corrected chi connectivity index (χ0v) is 12.4. The Kier molecular flexibility index (Phi) is 4.14. The van der Waals surface area contributed by atoms with E-state index in [1.807, 2.05) is 14.1 Å². The number of halogens is 1. The Morgan fingerprint density at radius 3 is 2.67 bits per heavy atom. The summed E-state index contributed by atoms with van der Waals surface area (Å²) in [5.41, 5.74) is 3.65. The molecule has 4 nitrogen and oxygen atoms in total. The first-order valence-electron chi connectivity index (χ1n) is 5.99. The van der Waals surface area contributed by atoms with Crippen LogP contribution in [0.15, 0.2) is 28.9 Å². The van der Waals surface area contributed by atoms with Crippen LogP contribution in [0, 0.1) is 0 Å². The molecule has 0 saturated heterocycles. The van der Waals surface area contributed by atoms with Gasteiger partial charge in [-0.1, -0.05) is 36.4 Å². The number of benzene rings is 1. The summed E-state index contributed by atoms with van der Waals surface area (Å²) in [6, 6.07) is 8.55. The minimum Gasteiger partial charge on any atom is -0.308 e. The Bertz CT molecular complexity index is 516. The molecule has 1 aromatic heterocycles. The Balaban J connectivity index is 2.52. The monoisotopic (exact) mass is 308 g/mol. The minimum atomic E-state index is 0.0931. The van der Waals surface area contributed by atoms with Crippen molar-refractivity contribution >= 4 is 15.9 Å². The summed E-state index contributed by atoms with van der Waals surface area (Å²) >= 11 is 3.47. The van der Waals surface area contributed by atoms with Crippen LogP contribution in [0.25, 0.3) is 0 Å². The molecular formula is C13H17BrN4. The van der Waals surface area contributed by atoms with Crippen LogP contribution in [-0.2, 0) is 13.5 Å². The van der Waals surface area contributed by atoms with Crippen molar-refractivity contribution in [1.82, 2.24) is 20.3 Å². The van der Waals surface area contributed by atoms with Gasteiger partial charge in [-0.15, -0.1) is 5.10 Å². The summed E-state index contributed by atoms with van der Waals surface area (Å²) in [7, 11) is 3.86. The number of aromatic nitrogens is 3. The molecule has 96 valence electrons. The van der Waals surface area contributed by atoms with Crippen molar-refractivity contribution in [3.63, 3.8) is 0 Å². The van der Waals surface area contributed by atoms with Crippen molar-refractivity contribution in [2.75, 3.05) is 7.05 Å². The Hall–Kier alpha value is -1.20. The highest BCUT2D eigenvalue weighted by molar-refractivity contribution is 9.10. The third-order valence-corrected chi connectivity index (χ3v) is 3.70. The van der Waals surface area contributed by atoms with Crippen LogP contribution in [0.2, 0.25) is 0 Å². The third kappa shape index (κ3) is 2.33. The molecule has 0 radical (unpaired) electrons. The molecule has 2 rings (SSSR count). The first kappa shape index (κ1) is 13.2. The predicted molar refractivity (Wildman–Crippen MR) is 75.4 cm³/mol. The molecule has 0 fully saturated rings. The van der Waals surface area contributed by atoms with Gasteiger partial charge in [0.25, 0.3) is 0 Å². The summed E-state index contributed by atoms with van der Waals surface area (Å²) in [6.07, 6.45) is 1.01. The van der Waals surface area contributed by atoms with E-state index in [1.165, 1.54) is 11.1 Å². The van der Waals surface area contributed by atoms with Gasteiger partial charge in [-0.2, -0.15) is 0 Å². The fourth-order valence-electron chi connectivity index (χ4n) is 2.22. The first-order valence-corrected chi connectivity index (χ1v) is 6.78. The fraction of sp³-hybridized carbons (Fsp3) is 0.385. The Morgan fingerprint density at radius 2 is 2.11 bits per heavy atom. The van der Waals surface area contributed by atoms with Gasteiger partial charge in [-0.3, -0.25) is 0 Å². The van der Waals surface area contributed by atoms with Crippen LogP contribution >= 0.6 is 15.9 Å². The van der Waals surface area contributed by atoms with Gasteiger partial charge in [0.1, 0.15) is 0 Å². The molecule has 0 aliphatic heterocycles. The van der Waals surface area contributed by atoms with Gasteiger partial charge in [0.15, 0.2) is 4.60 Å². The molecule has 0 aliphatic rings. The maximum Gasteiger partial charge on any atom is 0.153 e. The molecule has 0 spiro atoms. The average Bonchev–Trinajstić information content (AvgIpc) is 2.72. The van der Waals surface area contributed by atoms with E-state index >= 15 is 0 Å². The van der Waals surface area contributed by atoms with Gasteiger partial charge < -0.3 is 5.32 Å². The third-order valence-electron chi connectivity index (χ3n) is 3.14. The van der Waals surface area contributed by atoms with Crippen LogP contribution in [0.3, 0.4) is 0 Å². The Labute approximate surface area is 116 Å². The fourth-order valence-corrected chi connectivity index (χ4v) is 2.78. The van der Waals surface area contributed by atoms with E-state index in [0.717, 1.165) is 16.7 Å². The van der Waals surface area contributed by atoms with Crippen LogP contribution in [0.1, 0.15) is 29.8 Å². The molecule has 0 aliphatic carbocycles. The molecule has 0 amide bonds. The number of nitrogens with one attached hydrogen (secondary N) is 1. The SMILES string of the molecule is CCc1ccccc1C(NC)c1c(Br)nnn1C. The molecular weight excluding hydrogens is 292 g/mol. The molecule has 0 bridgehead atoms. The molecule has 0 saturated carbocycles. The molecule has 1 aromatic carbocycles. The standard InChI is InChI=1S/C13H17BrN4/c1-4-9-7-5-6-8-10(9)11(15-2)12-13(14)16-17-18(12)3/h5-8,11,15H,4H2,1-3H3. The summed E-state index contributed by atoms with van der Waals surface area (Å²) in [5.74, 6) is 0. The molecule has 1 unspecified atom stereocenters. The molecule has 18 heavy (non-hydrogen) atoms. The zero-order valence-electron chi connectivity index (χ0n) is 10.8. The summed E-state index contributed by atoms with van der Waals surface area (Å²) < 4.78 is 2.59. The lowest BCUT2D eigenvalue weighted by molar-refractivity contribution is 0.593. The quantitative estimate of drug-likeness (QED) is 0.943. The summed E-state index contributed by atoms with van der Waals surface area (Å²) in [5, 5.41) is 11.4. The molecule has 1 N–H and O–H groups in total. The highest BCUT2D eigenvalue weighted by Crippen LogP contribution is 2.28. The topological polar surface area (TPSA) is 42.7 Å². The Morgan fingerprint density at radius 1 is 1.39 bits per heavy atom. The zero-order chi connectivity index (χ0) is 13.1. The summed E-state index contributed by atoms with van der Waals surface area (Å²) in [6.45, 7) is 2.17. The van der Waals surface area contributed by atoms with Gasteiger partial charge in [0, 0.05) is 7.05 Å². The lowest BCUT2D eigenvalue weighted by Gasteiger charge is -2.19. The van der Waals surface area contributed by atoms with E-state index in [1.54, 1.807) is 4.68 Å². The number of hydrogen-bond acceptors (Lipinski definition) is 3. The molecule has 1 atom stereocenters. The normalized spacial score (nSPS) is 12.7. The minimum absolute atomic E-state index is 0.0931. The van der Waals surface area contributed by atoms with Crippen molar-refractivity contribution in [2.45, 2.75) is 19.4 Å². The van der Waals surface area contributed by atoms with Crippen LogP contribution in [0.5, 0.6) is 0 Å². The second-order valence-corrected chi connectivity index (χ2v) is 4.91. The van der Waals surface area contributed by atoms with E-state index in [0.29, 0.717) is 0 Å². The van der Waals surface area contributed by atoms with Crippen molar-refractivity contribution in [1.29, 1.82) is 0 Å². The van der Waals surface area contributed by atoms with Crippen LogP contribution in [-0.4, -0.2) is 22.0 Å². The van der Waals surface area contributed by atoms with E-state index in [2.05, 4.69) is 62.7 Å². The first-order chi connectivity index (χ1) is 8.69. The molecule has 1 heterocycles. The predicted octanol–water partition coefficient (Wildman–Crippen LogP) is 2.45. The van der Waals surface area contributed by atoms with Crippen molar-refractivity contribution in [3.8, 4) is 0 Å². The lowest BCUT2D eigenvalue weighted by atomic mass is 9.97. The van der Waals surface area contributed by atoms with Crippen molar-refractivity contribution in [3.05, 3.63) is 45.7 Å². The van der Waals surface area contributed by atoms with Gasteiger partial charge in [-0.25, -0.2) is 4.68 Å². The van der Waals surface area contributed by atoms with E-state index in [9.17, 15) is 0 Å². The van der Waals surface area contributed by atoms with Crippen molar-refractivity contribution < 1.29 is 0 Å². The second-order valence-electron chi connectivity index (χ2n) is 4.16. The van der Waals surface area contributed by atoms with Crippen molar-refractivity contribution in [2.24, 2.45) is 7.05 Å². The van der Waals surface area contributed by atoms with Crippen LogP contribution < -0.4 is 5.32 Å². The van der Waals surface area contributed by atoms with Gasteiger partial charge in [0.05, 0.1) is 11.7 Å². The highest BCUT2D eigenvalue weighted by Gasteiger charge is 2.21. The van der Waals surface area contributed by atoms with E-state index in [4.69, 9.17) is 0 Å². The molecule has 5 heteroatoms. The lowest BCUT2D eigenvalue weighted by Crippen LogP contribution is -2.22. The number of aryl methyl sites for hydroxylation is 2. The largest absolute Gasteiger partial charge is 0.308 e. The van der Waals surface area contributed by atoms with Gasteiger partial charge in [0.2, 0.25) is 0 Å². The smallest absolute Gasteiger partial charge is 0.153 e. The van der Waals surface area contributed by atoms with E-state index in [-0.39, 0.29) is 6.04 Å². The van der Waals surface area contributed by atoms with Crippen LogP contribution in [0.4, 0.5) is 0 Å². The summed E-state index contributed by atoms with van der Waals surface area (Å²) in [4.78, 5) is 0. The maximum absolute atomic E-state index is 4.06. The maximum atomic E-state index is 4.06. The van der Waals surface area contributed by atoms with E-state index < -0.39 is 0 Å². The van der Waals surface area contributed by atoms with Gasteiger partial charge in [-0.05, 0) is 40.5 Å². The number of hydrogen-bond donors (Lipinski definition) is 1. The number of nitrogens with zero attached hydrogens (tertiary/aromatic N) is 3. The highest BCUT2D eigenvalue weighted by atomic mass is 79.9. The number of rotatable bonds is 4. The molecule has 2 aromatic rings.